The number of amides is 1. The van der Waals surface area contributed by atoms with Crippen molar-refractivity contribution < 1.29 is 9.53 Å². The van der Waals surface area contributed by atoms with Crippen molar-refractivity contribution in [1.82, 2.24) is 10.6 Å². The summed E-state index contributed by atoms with van der Waals surface area (Å²) in [5.74, 6) is 0.695. The summed E-state index contributed by atoms with van der Waals surface area (Å²) >= 11 is 0. The van der Waals surface area contributed by atoms with E-state index in [2.05, 4.69) is 10.6 Å². The Bertz CT molecular complexity index is 482. The van der Waals surface area contributed by atoms with Gasteiger partial charge in [-0.3, -0.25) is 4.79 Å². The summed E-state index contributed by atoms with van der Waals surface area (Å²) in [4.78, 5) is 12.3. The van der Waals surface area contributed by atoms with Crippen LogP contribution >= 0.6 is 0 Å². The number of hydrogen-bond acceptors (Lipinski definition) is 3. The number of benzene rings is 1. The number of methoxy groups -OCH3 is 1. The summed E-state index contributed by atoms with van der Waals surface area (Å²) in [5, 5.41) is 6.61. The maximum Gasteiger partial charge on any atom is 0.227 e. The van der Waals surface area contributed by atoms with Gasteiger partial charge in [-0.2, -0.15) is 0 Å². The zero-order valence-electron chi connectivity index (χ0n) is 14.4. The SMILES string of the molecule is COc1cccc(C(C)C(=O)NCCNC2CCCCCC2)c1. The molecule has 23 heavy (non-hydrogen) atoms. The van der Waals surface area contributed by atoms with Crippen molar-refractivity contribution >= 4 is 5.91 Å². The number of rotatable bonds is 7. The normalized spacial score (nSPS) is 17.3. The molecular formula is C19H30N2O2. The van der Waals surface area contributed by atoms with Gasteiger partial charge in [-0.15, -0.1) is 0 Å². The van der Waals surface area contributed by atoms with Gasteiger partial charge in [0.25, 0.3) is 0 Å². The quantitative estimate of drug-likeness (QED) is 0.599. The molecule has 2 rings (SSSR count). The van der Waals surface area contributed by atoms with Crippen LogP contribution in [0, 0.1) is 0 Å². The first kappa shape index (κ1) is 17.8. The largest absolute Gasteiger partial charge is 0.497 e. The lowest BCUT2D eigenvalue weighted by atomic mass is 10.0. The second-order valence-corrected chi connectivity index (χ2v) is 6.43. The fraction of sp³-hybridized carbons (Fsp3) is 0.632. The first-order valence-electron chi connectivity index (χ1n) is 8.85. The van der Waals surface area contributed by atoms with Gasteiger partial charge in [-0.1, -0.05) is 37.8 Å². The Kier molecular flexibility index (Phi) is 7.40. The van der Waals surface area contributed by atoms with Crippen LogP contribution < -0.4 is 15.4 Å². The Morgan fingerprint density at radius 2 is 1.96 bits per heavy atom. The lowest BCUT2D eigenvalue weighted by Gasteiger charge is -2.17. The van der Waals surface area contributed by atoms with Crippen molar-refractivity contribution in [3.63, 3.8) is 0 Å². The highest BCUT2D eigenvalue weighted by atomic mass is 16.5. The molecule has 1 unspecified atom stereocenters. The van der Waals surface area contributed by atoms with Crippen LogP contribution in [0.25, 0.3) is 0 Å². The fourth-order valence-electron chi connectivity index (χ4n) is 3.16. The first-order valence-corrected chi connectivity index (χ1v) is 8.85. The van der Waals surface area contributed by atoms with Gasteiger partial charge in [-0.25, -0.2) is 0 Å². The molecule has 1 aromatic rings. The Morgan fingerprint density at radius 3 is 2.65 bits per heavy atom. The van der Waals surface area contributed by atoms with Crippen LogP contribution in [-0.2, 0) is 4.79 Å². The van der Waals surface area contributed by atoms with Crippen molar-refractivity contribution in [2.24, 2.45) is 0 Å². The molecule has 1 fully saturated rings. The van der Waals surface area contributed by atoms with Crippen molar-refractivity contribution in [2.45, 2.75) is 57.4 Å². The standard InChI is InChI=1S/C19H30N2O2/c1-15(16-8-7-11-18(14-16)23-2)19(22)21-13-12-20-17-9-5-3-4-6-10-17/h7-8,11,14-15,17,20H,3-6,9-10,12-13H2,1-2H3,(H,21,22). The van der Waals surface area contributed by atoms with E-state index in [4.69, 9.17) is 4.74 Å². The van der Waals surface area contributed by atoms with E-state index in [9.17, 15) is 4.79 Å². The molecule has 1 aliphatic rings. The molecule has 0 radical (unpaired) electrons. The van der Waals surface area contributed by atoms with E-state index < -0.39 is 0 Å². The minimum atomic E-state index is -0.164. The van der Waals surface area contributed by atoms with E-state index in [-0.39, 0.29) is 11.8 Å². The van der Waals surface area contributed by atoms with Crippen LogP contribution in [0.1, 0.15) is 56.9 Å². The molecule has 0 bridgehead atoms. The molecule has 0 saturated heterocycles. The zero-order valence-corrected chi connectivity index (χ0v) is 14.4. The smallest absolute Gasteiger partial charge is 0.227 e. The summed E-state index contributed by atoms with van der Waals surface area (Å²) in [6, 6.07) is 8.34. The number of carbonyl (C=O) groups excluding carboxylic acids is 1. The third-order valence-corrected chi connectivity index (χ3v) is 4.70. The Morgan fingerprint density at radius 1 is 1.22 bits per heavy atom. The molecule has 128 valence electrons. The summed E-state index contributed by atoms with van der Waals surface area (Å²) in [6.45, 7) is 3.47. The maximum atomic E-state index is 12.3. The van der Waals surface area contributed by atoms with Gasteiger partial charge in [0.15, 0.2) is 0 Å². The minimum absolute atomic E-state index is 0.0703. The van der Waals surface area contributed by atoms with E-state index in [1.165, 1.54) is 38.5 Å². The second kappa shape index (κ2) is 9.56. The Labute approximate surface area is 140 Å². The van der Waals surface area contributed by atoms with Gasteiger partial charge in [-0.05, 0) is 37.5 Å². The molecule has 0 spiro atoms. The first-order chi connectivity index (χ1) is 11.2. The van der Waals surface area contributed by atoms with E-state index in [1.807, 2.05) is 31.2 Å². The van der Waals surface area contributed by atoms with Crippen molar-refractivity contribution in [3.05, 3.63) is 29.8 Å². The van der Waals surface area contributed by atoms with Crippen LogP contribution in [0.3, 0.4) is 0 Å². The maximum absolute atomic E-state index is 12.3. The van der Waals surface area contributed by atoms with Gasteiger partial charge in [0.2, 0.25) is 5.91 Å². The fourth-order valence-corrected chi connectivity index (χ4v) is 3.16. The van der Waals surface area contributed by atoms with Crippen LogP contribution in [0.5, 0.6) is 5.75 Å². The Hall–Kier alpha value is -1.55. The molecule has 0 aromatic heterocycles. The molecule has 0 aliphatic heterocycles. The number of ether oxygens (including phenoxy) is 1. The van der Waals surface area contributed by atoms with Crippen molar-refractivity contribution in [2.75, 3.05) is 20.2 Å². The number of carbonyl (C=O) groups is 1. The monoisotopic (exact) mass is 318 g/mol. The zero-order chi connectivity index (χ0) is 16.5. The third-order valence-electron chi connectivity index (χ3n) is 4.70. The molecule has 1 saturated carbocycles. The highest BCUT2D eigenvalue weighted by molar-refractivity contribution is 5.83. The molecular weight excluding hydrogens is 288 g/mol. The molecule has 1 amide bonds. The molecule has 4 nitrogen and oxygen atoms in total. The predicted octanol–water partition coefficient (Wildman–Crippen LogP) is 3.23. The number of nitrogens with one attached hydrogen (secondary N) is 2. The van der Waals surface area contributed by atoms with Gasteiger partial charge >= 0.3 is 0 Å². The van der Waals surface area contributed by atoms with Gasteiger partial charge in [0, 0.05) is 19.1 Å². The van der Waals surface area contributed by atoms with Gasteiger partial charge in [0.05, 0.1) is 13.0 Å². The summed E-state index contributed by atoms with van der Waals surface area (Å²) < 4.78 is 5.22. The van der Waals surface area contributed by atoms with E-state index in [1.54, 1.807) is 7.11 Å². The van der Waals surface area contributed by atoms with Crippen molar-refractivity contribution in [3.8, 4) is 5.75 Å². The average molecular weight is 318 g/mol. The summed E-state index contributed by atoms with van der Waals surface area (Å²) in [5.41, 5.74) is 0.985. The van der Waals surface area contributed by atoms with Gasteiger partial charge in [0.1, 0.15) is 5.75 Å². The number of hydrogen-bond donors (Lipinski definition) is 2. The topological polar surface area (TPSA) is 50.4 Å². The summed E-state index contributed by atoms with van der Waals surface area (Å²) in [6.07, 6.45) is 7.94. The minimum Gasteiger partial charge on any atom is -0.497 e. The summed E-state index contributed by atoms with van der Waals surface area (Å²) in [7, 11) is 1.64. The van der Waals surface area contributed by atoms with E-state index in [0.717, 1.165) is 17.9 Å². The lowest BCUT2D eigenvalue weighted by molar-refractivity contribution is -0.122. The lowest BCUT2D eigenvalue weighted by Crippen LogP contribution is -2.38. The van der Waals surface area contributed by atoms with Crippen molar-refractivity contribution in [1.29, 1.82) is 0 Å². The highest BCUT2D eigenvalue weighted by Gasteiger charge is 2.16. The molecule has 1 aliphatic carbocycles. The van der Waals surface area contributed by atoms with Gasteiger partial charge < -0.3 is 15.4 Å². The third kappa shape index (κ3) is 5.87. The highest BCUT2D eigenvalue weighted by Crippen LogP contribution is 2.20. The van der Waals surface area contributed by atoms with E-state index >= 15 is 0 Å². The van der Waals surface area contributed by atoms with Crippen LogP contribution in [-0.4, -0.2) is 32.1 Å². The molecule has 4 heteroatoms. The second-order valence-electron chi connectivity index (χ2n) is 6.43. The molecule has 0 heterocycles. The Balaban J connectivity index is 1.71. The van der Waals surface area contributed by atoms with E-state index in [0.29, 0.717) is 12.6 Å². The molecule has 1 atom stereocenters. The molecule has 1 aromatic carbocycles. The van der Waals surface area contributed by atoms with Crippen LogP contribution in [0.2, 0.25) is 0 Å². The predicted molar refractivity (Wildman–Crippen MR) is 93.9 cm³/mol. The van der Waals surface area contributed by atoms with Crippen LogP contribution in [0.15, 0.2) is 24.3 Å². The average Bonchev–Trinajstić information content (AvgIpc) is 2.86. The van der Waals surface area contributed by atoms with Crippen LogP contribution in [0.4, 0.5) is 0 Å². The molecule has 2 N–H and O–H groups in total.